The number of anilines is 1. The molecule has 6 nitrogen and oxygen atoms in total. The number of Topliss-reactive ketones (excluding diaryl/α,β-unsaturated/α-hetero) is 1. The van der Waals surface area contributed by atoms with Crippen molar-refractivity contribution in [3.63, 3.8) is 0 Å². The molecule has 1 aromatic rings. The first-order valence-corrected chi connectivity index (χ1v) is 7.33. The SMILES string of the molecule is CN1CN(c2nc3c(s2)C(=O)CC(C)(C)C3)C(O)C1=O. The lowest BCUT2D eigenvalue weighted by atomic mass is 9.78. The molecule has 1 atom stereocenters. The van der Waals surface area contributed by atoms with E-state index in [0.29, 0.717) is 23.1 Å². The molecule has 0 radical (unpaired) electrons. The normalized spacial score (nSPS) is 25.3. The number of fused-ring (bicyclic) bond motifs is 1. The fraction of sp³-hybridized carbons (Fsp3) is 0.615. The molecule has 2 aliphatic rings. The van der Waals surface area contributed by atoms with Gasteiger partial charge in [0, 0.05) is 13.5 Å². The first-order valence-electron chi connectivity index (χ1n) is 6.51. The predicted molar refractivity (Wildman–Crippen MR) is 74.7 cm³/mol. The number of aliphatic hydroxyl groups excluding tert-OH is 1. The van der Waals surface area contributed by atoms with Crippen molar-refractivity contribution in [2.45, 2.75) is 32.9 Å². The van der Waals surface area contributed by atoms with Gasteiger partial charge >= 0.3 is 0 Å². The molecule has 2 heterocycles. The second-order valence-corrected chi connectivity index (χ2v) is 7.21. The van der Waals surface area contributed by atoms with Gasteiger partial charge in [0.15, 0.2) is 10.9 Å². The number of aromatic nitrogens is 1. The lowest BCUT2D eigenvalue weighted by molar-refractivity contribution is -0.133. The topological polar surface area (TPSA) is 73.7 Å². The third kappa shape index (κ3) is 2.01. The van der Waals surface area contributed by atoms with E-state index < -0.39 is 6.23 Å². The fourth-order valence-electron chi connectivity index (χ4n) is 2.70. The first-order chi connectivity index (χ1) is 9.28. The van der Waals surface area contributed by atoms with Crippen LogP contribution in [0.1, 0.15) is 35.6 Å². The molecule has 3 rings (SSSR count). The van der Waals surface area contributed by atoms with Gasteiger partial charge < -0.3 is 10.0 Å². The molecular weight excluding hydrogens is 278 g/mol. The Morgan fingerprint density at radius 2 is 2.05 bits per heavy atom. The Bertz CT molecular complexity index is 596. The first kappa shape index (κ1) is 13.5. The highest BCUT2D eigenvalue weighted by atomic mass is 32.1. The van der Waals surface area contributed by atoms with E-state index in [2.05, 4.69) is 18.8 Å². The van der Waals surface area contributed by atoms with Crippen molar-refractivity contribution in [2.75, 3.05) is 18.6 Å². The van der Waals surface area contributed by atoms with E-state index in [-0.39, 0.29) is 17.1 Å². The van der Waals surface area contributed by atoms with Crippen molar-refractivity contribution in [3.8, 4) is 0 Å². The molecule has 0 aromatic carbocycles. The number of likely N-dealkylation sites (N-methyl/N-ethyl adjacent to an activating group) is 1. The van der Waals surface area contributed by atoms with Gasteiger partial charge in [-0.15, -0.1) is 0 Å². The van der Waals surface area contributed by atoms with E-state index >= 15 is 0 Å². The number of carbonyl (C=O) groups is 2. The molecule has 0 saturated carbocycles. The van der Waals surface area contributed by atoms with Gasteiger partial charge in [0.25, 0.3) is 5.91 Å². The molecule has 108 valence electrons. The van der Waals surface area contributed by atoms with Crippen LogP contribution in [0.25, 0.3) is 0 Å². The Morgan fingerprint density at radius 1 is 1.35 bits per heavy atom. The van der Waals surface area contributed by atoms with Gasteiger partial charge in [-0.2, -0.15) is 0 Å². The summed E-state index contributed by atoms with van der Waals surface area (Å²) in [6.07, 6.45) is 0.0668. The Morgan fingerprint density at radius 3 is 2.65 bits per heavy atom. The van der Waals surface area contributed by atoms with Crippen LogP contribution < -0.4 is 4.90 Å². The molecule has 1 aliphatic carbocycles. The molecule has 1 N–H and O–H groups in total. The molecule has 1 saturated heterocycles. The molecule has 0 spiro atoms. The monoisotopic (exact) mass is 295 g/mol. The van der Waals surface area contributed by atoms with Crippen molar-refractivity contribution in [1.29, 1.82) is 0 Å². The molecule has 1 aromatic heterocycles. The summed E-state index contributed by atoms with van der Waals surface area (Å²) in [6, 6.07) is 0. The minimum atomic E-state index is -1.20. The van der Waals surface area contributed by atoms with E-state index in [1.807, 2.05) is 0 Å². The van der Waals surface area contributed by atoms with Gasteiger partial charge in [-0.3, -0.25) is 14.5 Å². The van der Waals surface area contributed by atoms with Gasteiger partial charge in [0.2, 0.25) is 6.23 Å². The number of amides is 1. The quantitative estimate of drug-likeness (QED) is 0.831. The minimum absolute atomic E-state index is 0.0777. The van der Waals surface area contributed by atoms with Crippen LogP contribution in [0.5, 0.6) is 0 Å². The number of rotatable bonds is 1. The average Bonchev–Trinajstić information content (AvgIpc) is 2.85. The largest absolute Gasteiger partial charge is 0.365 e. The van der Waals surface area contributed by atoms with E-state index in [0.717, 1.165) is 12.1 Å². The van der Waals surface area contributed by atoms with E-state index in [9.17, 15) is 14.7 Å². The summed E-state index contributed by atoms with van der Waals surface area (Å²) >= 11 is 1.28. The number of thiazole rings is 1. The molecule has 1 unspecified atom stereocenters. The molecule has 0 bridgehead atoms. The van der Waals surface area contributed by atoms with Crippen molar-refractivity contribution in [3.05, 3.63) is 10.6 Å². The zero-order valence-electron chi connectivity index (χ0n) is 11.7. The van der Waals surface area contributed by atoms with Crippen LogP contribution in [0.2, 0.25) is 0 Å². The Labute approximate surface area is 121 Å². The summed E-state index contributed by atoms with van der Waals surface area (Å²) in [7, 11) is 1.63. The van der Waals surface area contributed by atoms with E-state index in [4.69, 9.17) is 0 Å². The standard InChI is InChI=1S/C13H17N3O3S/c1-13(2)4-7-9(8(17)5-13)20-12(14-7)16-6-15(3)10(18)11(16)19/h11,19H,4-6H2,1-3H3. The maximum Gasteiger partial charge on any atom is 0.273 e. The maximum absolute atomic E-state index is 12.2. The molecule has 1 amide bonds. The smallest absolute Gasteiger partial charge is 0.273 e. The highest BCUT2D eigenvalue weighted by Crippen LogP contribution is 2.40. The van der Waals surface area contributed by atoms with Gasteiger partial charge in [-0.1, -0.05) is 25.2 Å². The van der Waals surface area contributed by atoms with Crippen LogP contribution in [0.3, 0.4) is 0 Å². The molecule has 1 aliphatic heterocycles. The zero-order valence-corrected chi connectivity index (χ0v) is 12.5. The average molecular weight is 295 g/mol. The van der Waals surface area contributed by atoms with Crippen molar-refractivity contribution in [1.82, 2.24) is 9.88 Å². The molecule has 7 heteroatoms. The summed E-state index contributed by atoms with van der Waals surface area (Å²) in [6.45, 7) is 4.40. The number of carbonyl (C=O) groups excluding carboxylic acids is 2. The summed E-state index contributed by atoms with van der Waals surface area (Å²) < 4.78 is 0. The summed E-state index contributed by atoms with van der Waals surface area (Å²) in [5, 5.41) is 10.5. The predicted octanol–water partition coefficient (Wildman–Crippen LogP) is 0.852. The minimum Gasteiger partial charge on any atom is -0.365 e. The third-order valence-corrected chi connectivity index (χ3v) is 4.90. The van der Waals surface area contributed by atoms with Crippen LogP contribution in [0.15, 0.2) is 0 Å². The lowest BCUT2D eigenvalue weighted by Crippen LogP contribution is -2.32. The summed E-state index contributed by atoms with van der Waals surface area (Å²) in [4.78, 5) is 31.9. The van der Waals surface area contributed by atoms with Crippen LogP contribution in [-0.2, 0) is 11.2 Å². The molecule has 20 heavy (non-hydrogen) atoms. The van der Waals surface area contributed by atoms with Gasteiger partial charge in [-0.05, 0) is 11.8 Å². The zero-order chi connectivity index (χ0) is 14.7. The van der Waals surface area contributed by atoms with Crippen LogP contribution >= 0.6 is 11.3 Å². The third-order valence-electron chi connectivity index (χ3n) is 3.73. The highest BCUT2D eigenvalue weighted by Gasteiger charge is 2.39. The number of aliphatic hydroxyl groups is 1. The molecule has 1 fully saturated rings. The Kier molecular flexibility index (Phi) is 2.88. The maximum atomic E-state index is 12.2. The van der Waals surface area contributed by atoms with Crippen molar-refractivity contribution >= 4 is 28.2 Å². The number of hydrogen-bond acceptors (Lipinski definition) is 6. The second-order valence-electron chi connectivity index (χ2n) is 6.23. The van der Waals surface area contributed by atoms with E-state index in [1.165, 1.54) is 21.1 Å². The van der Waals surface area contributed by atoms with Crippen LogP contribution in [0.4, 0.5) is 5.13 Å². The Balaban J connectivity index is 1.95. The van der Waals surface area contributed by atoms with Crippen LogP contribution in [0, 0.1) is 5.41 Å². The Hall–Kier alpha value is -1.47. The number of ketones is 1. The lowest BCUT2D eigenvalue weighted by Gasteiger charge is -2.26. The van der Waals surface area contributed by atoms with Crippen LogP contribution in [-0.4, -0.2) is 46.6 Å². The number of hydrogen-bond donors (Lipinski definition) is 1. The van der Waals surface area contributed by atoms with Gasteiger partial charge in [0.05, 0.1) is 17.2 Å². The summed E-state index contributed by atoms with van der Waals surface area (Å²) in [5.41, 5.74) is 0.714. The highest BCUT2D eigenvalue weighted by molar-refractivity contribution is 7.17. The summed E-state index contributed by atoms with van der Waals surface area (Å²) in [5.74, 6) is -0.238. The molecular formula is C13H17N3O3S. The van der Waals surface area contributed by atoms with Crippen molar-refractivity contribution in [2.24, 2.45) is 5.41 Å². The van der Waals surface area contributed by atoms with Gasteiger partial charge in [-0.25, -0.2) is 4.98 Å². The van der Waals surface area contributed by atoms with Crippen molar-refractivity contribution < 1.29 is 14.7 Å². The fourth-order valence-corrected chi connectivity index (χ4v) is 3.74. The van der Waals surface area contributed by atoms with Gasteiger partial charge in [0.1, 0.15) is 0 Å². The van der Waals surface area contributed by atoms with E-state index in [1.54, 1.807) is 7.05 Å². The number of nitrogens with zero attached hydrogens (tertiary/aromatic N) is 3. The second kappa shape index (κ2) is 4.26.